The van der Waals surface area contributed by atoms with Crippen LogP contribution in [0.2, 0.25) is 0 Å². The van der Waals surface area contributed by atoms with Crippen molar-refractivity contribution < 1.29 is 4.79 Å². The lowest BCUT2D eigenvalue weighted by molar-refractivity contribution is -0.116. The van der Waals surface area contributed by atoms with Crippen LogP contribution < -0.4 is 0 Å². The molecule has 0 unspecified atom stereocenters. The maximum atomic E-state index is 11.0. The van der Waals surface area contributed by atoms with Crippen molar-refractivity contribution in [2.24, 2.45) is 0 Å². The summed E-state index contributed by atoms with van der Waals surface area (Å²) < 4.78 is 1.23. The Balaban J connectivity index is 3.05. The molecule has 0 saturated carbocycles. The van der Waals surface area contributed by atoms with Crippen LogP contribution in [-0.2, 0) is 11.2 Å². The molecule has 1 nitrogen and oxygen atoms in total. The molecule has 0 aliphatic carbocycles. The third-order valence-corrected chi connectivity index (χ3v) is 3.85. The molecule has 1 aromatic carbocycles. The van der Waals surface area contributed by atoms with Crippen molar-refractivity contribution in [2.45, 2.75) is 18.2 Å². The Labute approximate surface area is 96.4 Å². The second-order valence-electron chi connectivity index (χ2n) is 2.81. The Morgan fingerprint density at radius 2 is 2.23 bits per heavy atom. The van der Waals surface area contributed by atoms with E-state index in [1.807, 2.05) is 18.4 Å². The lowest BCUT2D eigenvalue weighted by Gasteiger charge is -2.06. The van der Waals surface area contributed by atoms with Gasteiger partial charge in [0.1, 0.15) is 5.78 Å². The lowest BCUT2D eigenvalue weighted by atomic mass is 10.1. The molecule has 13 heavy (non-hydrogen) atoms. The summed E-state index contributed by atoms with van der Waals surface area (Å²) in [4.78, 5) is 12.2. The highest BCUT2D eigenvalue weighted by Crippen LogP contribution is 2.26. The van der Waals surface area contributed by atoms with E-state index in [0.717, 1.165) is 5.56 Å². The second kappa shape index (κ2) is 5.00. The molecule has 3 heteroatoms. The number of benzene rings is 1. The molecular weight excluding hydrogens is 295 g/mol. The molecule has 0 amide bonds. The number of carbonyl (C=O) groups excluding carboxylic acids is 1. The number of Topliss-reactive ketones (excluding diaryl/α,β-unsaturated/α-hetero) is 1. The normalized spacial score (nSPS) is 10.1. The van der Waals surface area contributed by atoms with Crippen molar-refractivity contribution in [2.75, 3.05) is 6.26 Å². The second-order valence-corrected chi connectivity index (χ2v) is 4.79. The predicted molar refractivity (Wildman–Crippen MR) is 65.3 cm³/mol. The molecule has 0 spiro atoms. The van der Waals surface area contributed by atoms with Gasteiger partial charge in [-0.3, -0.25) is 4.79 Å². The molecule has 0 aromatic heterocycles. The summed E-state index contributed by atoms with van der Waals surface area (Å²) in [6.45, 7) is 1.63. The summed E-state index contributed by atoms with van der Waals surface area (Å²) in [6.07, 6.45) is 2.59. The standard InChI is InChI=1S/C10H11IOS/c1-7(12)6-8-4-3-5-9(11)10(8)13-2/h3-5H,6H2,1-2H3. The van der Waals surface area contributed by atoms with Crippen LogP contribution in [0.15, 0.2) is 23.1 Å². The number of thioether (sulfide) groups is 1. The zero-order valence-electron chi connectivity index (χ0n) is 7.63. The number of carbonyl (C=O) groups is 1. The van der Waals surface area contributed by atoms with Crippen LogP contribution in [0.3, 0.4) is 0 Å². The summed E-state index contributed by atoms with van der Waals surface area (Å²) in [5, 5.41) is 0. The van der Waals surface area contributed by atoms with Crippen molar-refractivity contribution >= 4 is 40.1 Å². The van der Waals surface area contributed by atoms with Gasteiger partial charge in [-0.1, -0.05) is 12.1 Å². The van der Waals surface area contributed by atoms with E-state index in [-0.39, 0.29) is 5.78 Å². The Morgan fingerprint density at radius 3 is 2.77 bits per heavy atom. The molecule has 0 aliphatic heterocycles. The molecular formula is C10H11IOS. The van der Waals surface area contributed by atoms with Crippen LogP contribution in [0.5, 0.6) is 0 Å². The van der Waals surface area contributed by atoms with E-state index >= 15 is 0 Å². The summed E-state index contributed by atoms with van der Waals surface area (Å²) in [7, 11) is 0. The van der Waals surface area contributed by atoms with E-state index in [2.05, 4.69) is 28.7 Å². The molecule has 0 N–H and O–H groups in total. The topological polar surface area (TPSA) is 17.1 Å². The van der Waals surface area contributed by atoms with Gasteiger partial charge in [0, 0.05) is 14.9 Å². The zero-order valence-corrected chi connectivity index (χ0v) is 10.6. The van der Waals surface area contributed by atoms with Crippen LogP contribution in [0.1, 0.15) is 12.5 Å². The first kappa shape index (κ1) is 11.0. The molecule has 0 saturated heterocycles. The van der Waals surface area contributed by atoms with Crippen LogP contribution in [0.25, 0.3) is 0 Å². The largest absolute Gasteiger partial charge is 0.300 e. The fourth-order valence-corrected chi connectivity index (χ4v) is 3.07. The highest BCUT2D eigenvalue weighted by molar-refractivity contribution is 14.1. The van der Waals surface area contributed by atoms with E-state index in [0.29, 0.717) is 6.42 Å². The number of hydrogen-bond acceptors (Lipinski definition) is 2. The minimum Gasteiger partial charge on any atom is -0.300 e. The fraction of sp³-hybridized carbons (Fsp3) is 0.300. The van der Waals surface area contributed by atoms with Crippen LogP contribution in [0.4, 0.5) is 0 Å². The van der Waals surface area contributed by atoms with Crippen LogP contribution in [0, 0.1) is 3.57 Å². The number of halogens is 1. The quantitative estimate of drug-likeness (QED) is 0.630. The van der Waals surface area contributed by atoms with Crippen molar-refractivity contribution in [3.8, 4) is 0 Å². The summed E-state index contributed by atoms with van der Waals surface area (Å²) in [6, 6.07) is 6.09. The molecule has 0 atom stereocenters. The predicted octanol–water partition coefficient (Wildman–Crippen LogP) is 3.14. The lowest BCUT2D eigenvalue weighted by Crippen LogP contribution is -1.98. The van der Waals surface area contributed by atoms with Gasteiger partial charge in [-0.25, -0.2) is 0 Å². The molecule has 0 heterocycles. The van der Waals surface area contributed by atoms with Gasteiger partial charge in [0.05, 0.1) is 0 Å². The van der Waals surface area contributed by atoms with Crippen molar-refractivity contribution in [1.29, 1.82) is 0 Å². The average molecular weight is 306 g/mol. The highest BCUT2D eigenvalue weighted by Gasteiger charge is 2.06. The smallest absolute Gasteiger partial charge is 0.134 e. The summed E-state index contributed by atoms with van der Waals surface area (Å²) >= 11 is 4.00. The molecule has 0 aliphatic rings. The van der Waals surface area contributed by atoms with E-state index in [1.54, 1.807) is 18.7 Å². The summed E-state index contributed by atoms with van der Waals surface area (Å²) in [5.41, 5.74) is 1.15. The van der Waals surface area contributed by atoms with E-state index in [9.17, 15) is 4.79 Å². The highest BCUT2D eigenvalue weighted by atomic mass is 127. The van der Waals surface area contributed by atoms with Gasteiger partial charge in [-0.15, -0.1) is 11.8 Å². The first-order valence-corrected chi connectivity index (χ1v) is 6.26. The summed E-state index contributed by atoms with van der Waals surface area (Å²) in [5.74, 6) is 0.220. The van der Waals surface area contributed by atoms with Gasteiger partial charge in [0.2, 0.25) is 0 Å². The fourth-order valence-electron chi connectivity index (χ4n) is 1.19. The molecule has 0 fully saturated rings. The van der Waals surface area contributed by atoms with Crippen molar-refractivity contribution in [3.63, 3.8) is 0 Å². The van der Waals surface area contributed by atoms with Gasteiger partial charge in [-0.05, 0) is 47.4 Å². The van der Waals surface area contributed by atoms with Gasteiger partial charge < -0.3 is 0 Å². The minimum absolute atomic E-state index is 0.220. The minimum atomic E-state index is 0.220. The van der Waals surface area contributed by atoms with Gasteiger partial charge in [0.15, 0.2) is 0 Å². The first-order chi connectivity index (χ1) is 6.15. The van der Waals surface area contributed by atoms with E-state index in [1.165, 1.54) is 8.47 Å². The molecule has 1 aromatic rings. The maximum absolute atomic E-state index is 11.0. The maximum Gasteiger partial charge on any atom is 0.134 e. The zero-order chi connectivity index (χ0) is 9.84. The molecule has 1 rings (SSSR count). The Bertz CT molecular complexity index is 323. The number of rotatable bonds is 3. The van der Waals surface area contributed by atoms with Gasteiger partial charge in [-0.2, -0.15) is 0 Å². The van der Waals surface area contributed by atoms with E-state index < -0.39 is 0 Å². The first-order valence-electron chi connectivity index (χ1n) is 3.96. The van der Waals surface area contributed by atoms with Gasteiger partial charge >= 0.3 is 0 Å². The monoisotopic (exact) mass is 306 g/mol. The third kappa shape index (κ3) is 2.98. The van der Waals surface area contributed by atoms with Crippen LogP contribution >= 0.6 is 34.4 Å². The van der Waals surface area contributed by atoms with Crippen LogP contribution in [-0.4, -0.2) is 12.0 Å². The molecule has 70 valence electrons. The Hall–Kier alpha value is -0.0300. The van der Waals surface area contributed by atoms with Crippen molar-refractivity contribution in [1.82, 2.24) is 0 Å². The number of hydrogen-bond donors (Lipinski definition) is 0. The molecule has 0 bridgehead atoms. The molecule has 0 radical (unpaired) electrons. The number of ketones is 1. The van der Waals surface area contributed by atoms with E-state index in [4.69, 9.17) is 0 Å². The average Bonchev–Trinajstić information content (AvgIpc) is 2.03. The Kier molecular flexibility index (Phi) is 4.25. The third-order valence-electron chi connectivity index (χ3n) is 1.69. The van der Waals surface area contributed by atoms with Crippen molar-refractivity contribution in [3.05, 3.63) is 27.3 Å². The SMILES string of the molecule is CSc1c(I)cccc1CC(C)=O. The van der Waals surface area contributed by atoms with Gasteiger partial charge in [0.25, 0.3) is 0 Å². The Morgan fingerprint density at radius 1 is 1.54 bits per heavy atom.